The van der Waals surface area contributed by atoms with E-state index in [-0.39, 0.29) is 29.1 Å². The number of nitrogens with one attached hydrogen (secondary N) is 1. The van der Waals surface area contributed by atoms with Crippen molar-refractivity contribution < 1.29 is 31.8 Å². The second-order valence-corrected chi connectivity index (χ2v) is 10.5. The molecule has 0 unspecified atom stereocenters. The van der Waals surface area contributed by atoms with Gasteiger partial charge in [-0.3, -0.25) is 0 Å². The number of carbonyl (C=O) groups excluding carboxylic acids is 1. The fourth-order valence-corrected chi connectivity index (χ4v) is 5.04. The van der Waals surface area contributed by atoms with Crippen LogP contribution < -0.4 is 15.0 Å². The molecule has 38 heavy (non-hydrogen) atoms. The highest BCUT2D eigenvalue weighted by atomic mass is 35.5. The molecular formula is C25H24ClF4N5O3. The van der Waals surface area contributed by atoms with Gasteiger partial charge in [0, 0.05) is 30.6 Å². The van der Waals surface area contributed by atoms with Gasteiger partial charge in [-0.1, -0.05) is 11.6 Å². The van der Waals surface area contributed by atoms with E-state index >= 15 is 4.39 Å². The Morgan fingerprint density at radius 3 is 2.58 bits per heavy atom. The minimum absolute atomic E-state index is 0.112. The molecule has 1 N–H and O–H groups in total. The maximum atomic E-state index is 15.2. The largest absolute Gasteiger partial charge is 0.444 e. The number of benzene rings is 2. The predicted octanol–water partition coefficient (Wildman–Crippen LogP) is 6.10. The van der Waals surface area contributed by atoms with Crippen LogP contribution in [0.2, 0.25) is 5.02 Å². The third-order valence-electron chi connectivity index (χ3n) is 6.40. The van der Waals surface area contributed by atoms with Crippen LogP contribution in [0, 0.1) is 11.6 Å². The molecule has 2 fully saturated rings. The van der Waals surface area contributed by atoms with Crippen LogP contribution in [0.15, 0.2) is 30.6 Å². The van der Waals surface area contributed by atoms with Crippen LogP contribution in [0.5, 0.6) is 5.75 Å². The van der Waals surface area contributed by atoms with E-state index in [0.717, 1.165) is 6.07 Å². The highest BCUT2D eigenvalue weighted by molar-refractivity contribution is 6.32. The van der Waals surface area contributed by atoms with Crippen LogP contribution in [0.4, 0.5) is 39.5 Å². The van der Waals surface area contributed by atoms with Crippen molar-refractivity contribution in [3.8, 4) is 5.75 Å². The second-order valence-electron chi connectivity index (χ2n) is 10.1. The summed E-state index contributed by atoms with van der Waals surface area (Å²) >= 11 is 5.87. The average molecular weight is 554 g/mol. The van der Waals surface area contributed by atoms with Gasteiger partial charge in [0.25, 0.3) is 0 Å². The van der Waals surface area contributed by atoms with Crippen molar-refractivity contribution in [2.24, 2.45) is 0 Å². The Morgan fingerprint density at radius 1 is 1.16 bits per heavy atom. The second kappa shape index (κ2) is 9.64. The molecule has 1 aromatic heterocycles. The monoisotopic (exact) mass is 553 g/mol. The minimum Gasteiger partial charge on any atom is -0.444 e. The number of amides is 1. The topological polar surface area (TPSA) is 79.8 Å². The number of hydrogen-bond acceptors (Lipinski definition) is 7. The third-order valence-corrected chi connectivity index (χ3v) is 6.75. The first-order chi connectivity index (χ1) is 17.9. The number of hydrogen-bond donors (Lipinski definition) is 1. The van der Waals surface area contributed by atoms with Gasteiger partial charge in [0.15, 0.2) is 5.82 Å². The molecule has 2 aliphatic heterocycles. The summed E-state index contributed by atoms with van der Waals surface area (Å²) in [7, 11) is 0. The Hall–Kier alpha value is -3.54. The number of halogens is 5. The zero-order chi connectivity index (χ0) is 27.4. The predicted molar refractivity (Wildman–Crippen MR) is 133 cm³/mol. The molecule has 2 aromatic carbocycles. The number of ether oxygens (including phenoxy) is 2. The number of rotatable bonds is 5. The lowest BCUT2D eigenvalue weighted by atomic mass is 10.1. The van der Waals surface area contributed by atoms with E-state index in [1.54, 1.807) is 31.7 Å². The normalized spacial score (nSPS) is 19.0. The molecule has 0 spiro atoms. The maximum absolute atomic E-state index is 15.2. The van der Waals surface area contributed by atoms with Crippen molar-refractivity contribution in [1.29, 1.82) is 0 Å². The summed E-state index contributed by atoms with van der Waals surface area (Å²) in [6, 6.07) is 4.88. The van der Waals surface area contributed by atoms with Gasteiger partial charge in [0.05, 0.1) is 22.9 Å². The van der Waals surface area contributed by atoms with Gasteiger partial charge in [-0.25, -0.2) is 23.5 Å². The lowest BCUT2D eigenvalue weighted by Crippen LogP contribution is -2.50. The van der Waals surface area contributed by atoms with Gasteiger partial charge >= 0.3 is 12.7 Å². The Balaban J connectivity index is 1.42. The fourth-order valence-electron chi connectivity index (χ4n) is 4.83. The van der Waals surface area contributed by atoms with Crippen LogP contribution in [0.1, 0.15) is 27.2 Å². The molecule has 2 saturated heterocycles. The maximum Gasteiger partial charge on any atom is 0.410 e. The number of nitrogens with zero attached hydrogens (tertiary/aromatic N) is 4. The first-order valence-electron chi connectivity index (χ1n) is 11.8. The Labute approximate surface area is 220 Å². The molecule has 0 aliphatic carbocycles. The number of likely N-dealkylation sites (tertiary alicyclic amines) is 1. The smallest absolute Gasteiger partial charge is 0.410 e. The summed E-state index contributed by atoms with van der Waals surface area (Å²) < 4.78 is 64.8. The Morgan fingerprint density at radius 2 is 1.92 bits per heavy atom. The van der Waals surface area contributed by atoms with Crippen molar-refractivity contribution in [2.75, 3.05) is 23.3 Å². The van der Waals surface area contributed by atoms with Gasteiger partial charge in [0.2, 0.25) is 0 Å². The van der Waals surface area contributed by atoms with Crippen LogP contribution in [0.3, 0.4) is 0 Å². The number of alkyl halides is 2. The van der Waals surface area contributed by atoms with E-state index in [9.17, 15) is 18.0 Å². The van der Waals surface area contributed by atoms with E-state index in [4.69, 9.17) is 16.3 Å². The highest BCUT2D eigenvalue weighted by Gasteiger charge is 2.47. The SMILES string of the molecule is CC(C)(C)OC(=O)N1C[C@@H]2C[C@H]1CN2c1cc2c(Nc3ccc(OC(F)F)c(Cl)c3F)ncnc2cc1F. The minimum atomic E-state index is -3.16. The molecule has 5 rings (SSSR count). The van der Waals surface area contributed by atoms with Gasteiger partial charge in [-0.15, -0.1) is 0 Å². The molecule has 2 atom stereocenters. The van der Waals surface area contributed by atoms with E-state index in [1.807, 2.05) is 4.90 Å². The molecule has 13 heteroatoms. The van der Waals surface area contributed by atoms with Crippen molar-refractivity contribution in [2.45, 2.75) is 51.5 Å². The molecule has 0 saturated carbocycles. The molecule has 8 nitrogen and oxygen atoms in total. The van der Waals surface area contributed by atoms with Crippen LogP contribution in [0.25, 0.3) is 10.9 Å². The first-order valence-corrected chi connectivity index (χ1v) is 12.2. The lowest BCUT2D eigenvalue weighted by Gasteiger charge is -2.36. The molecular weight excluding hydrogens is 530 g/mol. The number of piperazine rings is 1. The summed E-state index contributed by atoms with van der Waals surface area (Å²) in [5.74, 6) is -1.86. The van der Waals surface area contributed by atoms with Crippen molar-refractivity contribution in [3.05, 3.63) is 47.2 Å². The Kier molecular flexibility index (Phi) is 6.62. The molecule has 0 radical (unpaired) electrons. The van der Waals surface area contributed by atoms with Crippen molar-refractivity contribution in [3.63, 3.8) is 0 Å². The standard InChI is InChI=1S/C25H24ClF4N5O3/c1-25(2,3)38-24(36)35-10-12-6-13(35)9-34(12)18-7-14-17(8-15(18)27)31-11-32-22(14)33-16-4-5-19(37-23(29)30)20(26)21(16)28/h4-5,7-8,11-13,23H,6,9-10H2,1-3H3,(H,31,32,33)/t12-,13-/m0/s1. The number of carbonyl (C=O) groups is 1. The zero-order valence-electron chi connectivity index (χ0n) is 20.6. The number of aromatic nitrogens is 2. The third kappa shape index (κ3) is 4.96. The fraction of sp³-hybridized carbons (Fsp3) is 0.400. The molecule has 2 aliphatic rings. The number of anilines is 3. The Bertz CT molecular complexity index is 1400. The summed E-state index contributed by atoms with van der Waals surface area (Å²) in [6.07, 6.45) is 1.46. The number of fused-ring (bicyclic) bond motifs is 3. The van der Waals surface area contributed by atoms with Crippen molar-refractivity contribution >= 4 is 45.8 Å². The lowest BCUT2D eigenvalue weighted by molar-refractivity contribution is -0.0499. The summed E-state index contributed by atoms with van der Waals surface area (Å²) in [4.78, 5) is 24.4. The van der Waals surface area contributed by atoms with Crippen LogP contribution in [-0.4, -0.2) is 58.3 Å². The van der Waals surface area contributed by atoms with Gasteiger partial charge in [-0.2, -0.15) is 8.78 Å². The van der Waals surface area contributed by atoms with E-state index in [0.29, 0.717) is 30.6 Å². The van der Waals surface area contributed by atoms with Gasteiger partial charge < -0.3 is 24.6 Å². The average Bonchev–Trinajstić information content (AvgIpc) is 3.43. The van der Waals surface area contributed by atoms with E-state index in [1.165, 1.54) is 18.5 Å². The molecule has 3 aromatic rings. The summed E-state index contributed by atoms with van der Waals surface area (Å²) in [6.45, 7) is 3.05. The van der Waals surface area contributed by atoms with Gasteiger partial charge in [-0.05, 0) is 45.4 Å². The molecule has 1 amide bonds. The first kappa shape index (κ1) is 26.1. The quantitative estimate of drug-likeness (QED) is 0.382. The molecule has 3 heterocycles. The highest BCUT2D eigenvalue weighted by Crippen LogP contribution is 2.39. The summed E-state index contributed by atoms with van der Waals surface area (Å²) in [5, 5.41) is 2.57. The summed E-state index contributed by atoms with van der Waals surface area (Å²) in [5.41, 5.74) is -0.193. The van der Waals surface area contributed by atoms with E-state index < -0.39 is 40.7 Å². The molecule has 202 valence electrons. The van der Waals surface area contributed by atoms with E-state index in [2.05, 4.69) is 20.0 Å². The van der Waals surface area contributed by atoms with Crippen molar-refractivity contribution in [1.82, 2.24) is 14.9 Å². The zero-order valence-corrected chi connectivity index (χ0v) is 21.4. The van der Waals surface area contributed by atoms with Crippen LogP contribution in [-0.2, 0) is 4.74 Å². The van der Waals surface area contributed by atoms with Crippen LogP contribution >= 0.6 is 11.6 Å². The van der Waals surface area contributed by atoms with Gasteiger partial charge in [0.1, 0.15) is 34.3 Å². The molecule has 2 bridgehead atoms.